The quantitative estimate of drug-likeness (QED) is 0.310. The van der Waals surface area contributed by atoms with Crippen LogP contribution in [0.25, 0.3) is 0 Å². The largest absolute Gasteiger partial charge is 0.469 e. The number of hydrogen-bond donors (Lipinski definition) is 2. The van der Waals surface area contributed by atoms with Gasteiger partial charge in [0.2, 0.25) is 10.0 Å². The lowest BCUT2D eigenvalue weighted by Crippen LogP contribution is -2.46. The summed E-state index contributed by atoms with van der Waals surface area (Å²) in [6.07, 6.45) is 5.44. The maximum atomic E-state index is 11.9. The number of sulfonamides is 1. The fourth-order valence-electron chi connectivity index (χ4n) is 3.35. The fourth-order valence-corrected chi connectivity index (χ4v) is 4.53. The highest BCUT2D eigenvalue weighted by atomic mass is 127. The van der Waals surface area contributed by atoms with E-state index in [1.54, 1.807) is 10.6 Å². The number of furan rings is 1. The van der Waals surface area contributed by atoms with Gasteiger partial charge in [-0.25, -0.2) is 13.4 Å². The molecule has 1 atom stereocenters. The first-order valence-electron chi connectivity index (χ1n) is 9.57. The van der Waals surface area contributed by atoms with Gasteiger partial charge in [0.05, 0.1) is 19.1 Å². The standard InChI is InChI=1S/C20H28N4O3S.HI/c1-28(25,26)24-13-5-9-18(24)16-23-20(21-12-11-19-10-6-14-27-19)22-15-17-7-3-2-4-8-17;/h2-4,6-8,10,14,18H,5,9,11-13,15-16H2,1H3,(H2,21,22,23);1H/t18-;/m1./s1. The maximum Gasteiger partial charge on any atom is 0.211 e. The van der Waals surface area contributed by atoms with Gasteiger partial charge in [0.1, 0.15) is 5.76 Å². The van der Waals surface area contributed by atoms with E-state index in [-0.39, 0.29) is 30.0 Å². The highest BCUT2D eigenvalue weighted by Crippen LogP contribution is 2.19. The molecule has 1 aromatic heterocycles. The Morgan fingerprint density at radius 1 is 1.21 bits per heavy atom. The third-order valence-corrected chi connectivity index (χ3v) is 6.09. The number of nitrogens with one attached hydrogen (secondary N) is 2. The minimum Gasteiger partial charge on any atom is -0.469 e. The predicted octanol–water partition coefficient (Wildman–Crippen LogP) is 2.60. The average Bonchev–Trinajstić information content (AvgIpc) is 3.35. The van der Waals surface area contributed by atoms with Gasteiger partial charge < -0.3 is 15.1 Å². The summed E-state index contributed by atoms with van der Waals surface area (Å²) in [5.74, 6) is 1.59. The maximum absolute atomic E-state index is 11.9. The minimum absolute atomic E-state index is 0. The molecule has 1 aliphatic heterocycles. The smallest absolute Gasteiger partial charge is 0.211 e. The molecular weight excluding hydrogens is 503 g/mol. The summed E-state index contributed by atoms with van der Waals surface area (Å²) >= 11 is 0. The van der Waals surface area contributed by atoms with Crippen molar-refractivity contribution in [3.8, 4) is 0 Å². The Hall–Kier alpha value is -1.59. The first-order chi connectivity index (χ1) is 13.5. The Morgan fingerprint density at radius 3 is 2.69 bits per heavy atom. The van der Waals surface area contributed by atoms with Gasteiger partial charge in [0, 0.05) is 32.1 Å². The normalized spacial score (nSPS) is 17.7. The Labute approximate surface area is 190 Å². The van der Waals surface area contributed by atoms with E-state index in [1.807, 2.05) is 42.5 Å². The zero-order valence-corrected chi connectivity index (χ0v) is 19.7. The Bertz CT molecular complexity index is 857. The molecule has 0 amide bonds. The van der Waals surface area contributed by atoms with E-state index in [1.165, 1.54) is 6.26 Å². The van der Waals surface area contributed by atoms with Crippen molar-refractivity contribution >= 4 is 40.0 Å². The molecule has 2 aromatic rings. The number of aliphatic imine (C=N–C) groups is 1. The van der Waals surface area contributed by atoms with Crippen LogP contribution >= 0.6 is 24.0 Å². The van der Waals surface area contributed by atoms with Crippen LogP contribution in [-0.4, -0.2) is 50.6 Å². The van der Waals surface area contributed by atoms with Gasteiger partial charge >= 0.3 is 0 Å². The number of benzene rings is 1. The Morgan fingerprint density at radius 2 is 2.00 bits per heavy atom. The summed E-state index contributed by atoms with van der Waals surface area (Å²) < 4.78 is 30.8. The van der Waals surface area contributed by atoms with E-state index < -0.39 is 10.0 Å². The van der Waals surface area contributed by atoms with Crippen LogP contribution in [0, 0.1) is 0 Å². The zero-order chi connectivity index (χ0) is 19.8. The molecule has 1 aromatic carbocycles. The molecule has 0 aliphatic carbocycles. The number of nitrogens with zero attached hydrogens (tertiary/aromatic N) is 2. The molecule has 29 heavy (non-hydrogen) atoms. The fraction of sp³-hybridized carbons (Fsp3) is 0.450. The van der Waals surface area contributed by atoms with Crippen LogP contribution in [0.2, 0.25) is 0 Å². The third-order valence-electron chi connectivity index (χ3n) is 4.76. The Balaban J connectivity index is 0.00000300. The van der Waals surface area contributed by atoms with Crippen LogP contribution in [0.5, 0.6) is 0 Å². The number of hydrogen-bond acceptors (Lipinski definition) is 4. The van der Waals surface area contributed by atoms with E-state index in [4.69, 9.17) is 4.42 Å². The minimum atomic E-state index is -3.18. The molecular formula is C20H29IN4O3S. The molecule has 2 N–H and O–H groups in total. The van der Waals surface area contributed by atoms with Crippen molar-refractivity contribution in [2.24, 2.45) is 4.99 Å². The van der Waals surface area contributed by atoms with Crippen molar-refractivity contribution in [1.29, 1.82) is 0 Å². The lowest BCUT2D eigenvalue weighted by Gasteiger charge is -2.23. The lowest BCUT2D eigenvalue weighted by molar-refractivity contribution is 0.387. The van der Waals surface area contributed by atoms with Gasteiger partial charge in [-0.1, -0.05) is 30.3 Å². The van der Waals surface area contributed by atoms with Crippen LogP contribution in [0.15, 0.2) is 58.1 Å². The van der Waals surface area contributed by atoms with E-state index in [0.717, 1.165) is 30.6 Å². The Kier molecular flexibility index (Phi) is 9.44. The van der Waals surface area contributed by atoms with Crippen molar-refractivity contribution in [3.05, 3.63) is 60.1 Å². The molecule has 0 radical (unpaired) electrons. The van der Waals surface area contributed by atoms with Crippen LogP contribution in [0.4, 0.5) is 0 Å². The van der Waals surface area contributed by atoms with E-state index in [2.05, 4.69) is 15.6 Å². The first-order valence-corrected chi connectivity index (χ1v) is 11.4. The molecule has 7 nitrogen and oxygen atoms in total. The second-order valence-corrected chi connectivity index (χ2v) is 8.89. The van der Waals surface area contributed by atoms with Gasteiger partial charge in [0.15, 0.2) is 5.96 Å². The molecule has 0 saturated carbocycles. The molecule has 2 heterocycles. The monoisotopic (exact) mass is 532 g/mol. The predicted molar refractivity (Wildman–Crippen MR) is 126 cm³/mol. The van der Waals surface area contributed by atoms with Crippen molar-refractivity contribution < 1.29 is 12.8 Å². The second kappa shape index (κ2) is 11.6. The van der Waals surface area contributed by atoms with Crippen molar-refractivity contribution in [3.63, 3.8) is 0 Å². The van der Waals surface area contributed by atoms with Crippen molar-refractivity contribution in [2.45, 2.75) is 31.8 Å². The summed E-state index contributed by atoms with van der Waals surface area (Å²) in [5, 5.41) is 6.63. The van der Waals surface area contributed by atoms with Crippen LogP contribution in [0.3, 0.4) is 0 Å². The molecule has 1 fully saturated rings. The summed E-state index contributed by atoms with van der Waals surface area (Å²) in [7, 11) is -3.18. The third kappa shape index (κ3) is 7.63. The molecule has 9 heteroatoms. The lowest BCUT2D eigenvalue weighted by atomic mass is 10.2. The highest BCUT2D eigenvalue weighted by Gasteiger charge is 2.31. The van der Waals surface area contributed by atoms with Crippen LogP contribution in [0.1, 0.15) is 24.2 Å². The SMILES string of the molecule is CS(=O)(=O)N1CCC[C@@H]1CNC(=NCc1ccccc1)NCCc1ccco1.I. The van der Waals surface area contributed by atoms with Gasteiger partial charge in [-0.2, -0.15) is 4.31 Å². The second-order valence-electron chi connectivity index (χ2n) is 6.96. The zero-order valence-electron chi connectivity index (χ0n) is 16.6. The van der Waals surface area contributed by atoms with Gasteiger partial charge in [-0.15, -0.1) is 24.0 Å². The van der Waals surface area contributed by atoms with Gasteiger partial charge in [-0.05, 0) is 30.5 Å². The van der Waals surface area contributed by atoms with Gasteiger partial charge in [-0.3, -0.25) is 0 Å². The topological polar surface area (TPSA) is 86.9 Å². The number of guanidine groups is 1. The number of halogens is 1. The molecule has 0 spiro atoms. The van der Waals surface area contributed by atoms with Crippen LogP contribution in [-0.2, 0) is 23.0 Å². The van der Waals surface area contributed by atoms with Gasteiger partial charge in [0.25, 0.3) is 0 Å². The summed E-state index contributed by atoms with van der Waals surface area (Å²) in [6.45, 7) is 2.36. The molecule has 1 aliphatic rings. The molecule has 0 bridgehead atoms. The highest BCUT2D eigenvalue weighted by molar-refractivity contribution is 14.0. The average molecular weight is 532 g/mol. The first kappa shape index (κ1) is 23.7. The molecule has 160 valence electrons. The summed E-state index contributed by atoms with van der Waals surface area (Å²) in [5.41, 5.74) is 1.12. The van der Waals surface area contributed by atoms with Crippen molar-refractivity contribution in [2.75, 3.05) is 25.9 Å². The van der Waals surface area contributed by atoms with E-state index in [9.17, 15) is 8.42 Å². The summed E-state index contributed by atoms with van der Waals surface area (Å²) in [6, 6.07) is 13.8. The van der Waals surface area contributed by atoms with Crippen LogP contribution < -0.4 is 10.6 Å². The van der Waals surface area contributed by atoms with E-state index in [0.29, 0.717) is 32.1 Å². The molecule has 3 rings (SSSR count). The summed E-state index contributed by atoms with van der Waals surface area (Å²) in [4.78, 5) is 4.66. The number of rotatable bonds is 8. The molecule has 1 saturated heterocycles. The van der Waals surface area contributed by atoms with E-state index >= 15 is 0 Å². The van der Waals surface area contributed by atoms with Crippen molar-refractivity contribution in [1.82, 2.24) is 14.9 Å². The molecule has 0 unspecified atom stereocenters.